The van der Waals surface area contributed by atoms with Crippen molar-refractivity contribution in [2.45, 2.75) is 70.7 Å². The van der Waals surface area contributed by atoms with Gasteiger partial charge in [0.05, 0.1) is 45.0 Å². The summed E-state index contributed by atoms with van der Waals surface area (Å²) in [5.74, 6) is 0.150. The average molecular weight is 622 g/mol. The quantitative estimate of drug-likeness (QED) is 0.142. The van der Waals surface area contributed by atoms with Crippen molar-refractivity contribution in [1.82, 2.24) is 34.0 Å². The number of nitriles is 1. The molecule has 16 heteroatoms. The van der Waals surface area contributed by atoms with Gasteiger partial charge in [-0.1, -0.05) is 0 Å². The number of hydrogen-bond acceptors (Lipinski definition) is 12. The SMILES string of the molecule is COC1C(OP(OCCC#N)N(C(C)C)C(C)C)[C@@H](CN2CCOCC2)O[C@H]1n1cnc2c(=O)[nH]c(/N=C/N(C)C)nc21. The molecule has 2 aromatic rings. The Morgan fingerprint density at radius 3 is 2.60 bits per heavy atom. The number of morpholine rings is 1. The maximum atomic E-state index is 12.9. The molecule has 238 valence electrons. The molecular formula is C27H44N9O6P. The van der Waals surface area contributed by atoms with Gasteiger partial charge in [-0.25, -0.2) is 14.6 Å². The van der Waals surface area contributed by atoms with Crippen LogP contribution in [0.5, 0.6) is 0 Å². The first kappa shape index (κ1) is 33.4. The molecule has 5 atom stereocenters. The fourth-order valence-corrected chi connectivity index (χ4v) is 6.99. The van der Waals surface area contributed by atoms with Crippen molar-refractivity contribution in [3.8, 4) is 6.07 Å². The Morgan fingerprint density at radius 1 is 1.26 bits per heavy atom. The minimum Gasteiger partial charge on any atom is -0.379 e. The second-order valence-corrected chi connectivity index (χ2v) is 12.6. The van der Waals surface area contributed by atoms with E-state index in [4.69, 9.17) is 28.5 Å². The minimum atomic E-state index is -1.58. The smallest absolute Gasteiger partial charge is 0.280 e. The van der Waals surface area contributed by atoms with Crippen molar-refractivity contribution in [1.29, 1.82) is 5.26 Å². The summed E-state index contributed by atoms with van der Waals surface area (Å²) in [6.45, 7) is 12.0. The van der Waals surface area contributed by atoms with E-state index in [0.29, 0.717) is 25.4 Å². The van der Waals surface area contributed by atoms with Gasteiger partial charge >= 0.3 is 0 Å². The summed E-state index contributed by atoms with van der Waals surface area (Å²) in [7, 11) is 3.69. The third-order valence-electron chi connectivity index (χ3n) is 7.08. The molecule has 3 unspecified atom stereocenters. The molecule has 2 fully saturated rings. The van der Waals surface area contributed by atoms with Gasteiger partial charge in [-0.15, -0.1) is 0 Å². The van der Waals surface area contributed by atoms with Gasteiger partial charge in [-0.05, 0) is 27.7 Å². The molecule has 2 aliphatic rings. The van der Waals surface area contributed by atoms with Crippen molar-refractivity contribution in [2.24, 2.45) is 4.99 Å². The highest BCUT2D eigenvalue weighted by Gasteiger charge is 2.50. The fraction of sp³-hybridized carbons (Fsp3) is 0.741. The fourth-order valence-electron chi connectivity index (χ4n) is 5.23. The van der Waals surface area contributed by atoms with Gasteiger partial charge in [0, 0.05) is 52.9 Å². The highest BCUT2D eigenvalue weighted by molar-refractivity contribution is 7.44. The summed E-state index contributed by atoms with van der Waals surface area (Å²) in [4.78, 5) is 32.8. The predicted molar refractivity (Wildman–Crippen MR) is 162 cm³/mol. The number of nitrogens with zero attached hydrogens (tertiary/aromatic N) is 8. The standard InChI is InChI=1S/C27H44N9O6P/c1-18(2)36(19(3)4)43(40-12-8-9-28)42-22-20(15-34-10-13-39-14-11-34)41-26(23(22)38-7)35-17-29-21-24(35)31-27(32-25(21)37)30-16-33(5)6/h16-20,22-23,26H,8,10-15H2,1-7H3,(H,31,32,37)/b30-16+/t20-,22?,23?,26-,43?/m1/s1. The van der Waals surface area contributed by atoms with E-state index in [1.807, 2.05) is 14.1 Å². The molecule has 1 N–H and O–H groups in total. The van der Waals surface area contributed by atoms with Gasteiger partial charge in [0.1, 0.15) is 18.3 Å². The molecule has 0 saturated carbocycles. The Bertz CT molecular complexity index is 1300. The molecule has 0 bridgehead atoms. The largest absolute Gasteiger partial charge is 0.379 e. The van der Waals surface area contributed by atoms with E-state index < -0.39 is 38.6 Å². The van der Waals surface area contributed by atoms with Gasteiger partial charge in [-0.3, -0.25) is 19.2 Å². The molecule has 0 amide bonds. The summed E-state index contributed by atoms with van der Waals surface area (Å²) in [5, 5.41) is 9.17. The van der Waals surface area contributed by atoms with Gasteiger partial charge < -0.3 is 28.2 Å². The third kappa shape index (κ3) is 8.14. The van der Waals surface area contributed by atoms with Crippen LogP contribution in [0, 0.1) is 11.3 Å². The lowest BCUT2D eigenvalue weighted by Gasteiger charge is -2.38. The molecular weight excluding hydrogens is 577 g/mol. The molecule has 0 aromatic carbocycles. The Balaban J connectivity index is 1.72. The predicted octanol–water partition coefficient (Wildman–Crippen LogP) is 2.25. The molecule has 4 heterocycles. The number of aromatic nitrogens is 4. The van der Waals surface area contributed by atoms with Crippen LogP contribution in [0.25, 0.3) is 11.2 Å². The van der Waals surface area contributed by atoms with Crippen LogP contribution in [0.2, 0.25) is 0 Å². The highest BCUT2D eigenvalue weighted by atomic mass is 31.2. The van der Waals surface area contributed by atoms with Crippen LogP contribution in [0.1, 0.15) is 40.3 Å². The second kappa shape index (κ2) is 15.5. The molecule has 0 radical (unpaired) electrons. The number of hydrogen-bond donors (Lipinski definition) is 1. The van der Waals surface area contributed by atoms with Gasteiger partial charge in [0.15, 0.2) is 17.4 Å². The van der Waals surface area contributed by atoms with Crippen molar-refractivity contribution in [2.75, 3.05) is 60.7 Å². The molecule has 0 aliphatic carbocycles. The first-order valence-corrected chi connectivity index (χ1v) is 15.7. The molecule has 2 aromatic heterocycles. The van der Waals surface area contributed by atoms with E-state index in [0.717, 1.165) is 13.1 Å². The summed E-state index contributed by atoms with van der Waals surface area (Å²) < 4.78 is 35.4. The van der Waals surface area contributed by atoms with Crippen LogP contribution in [0.4, 0.5) is 5.95 Å². The Labute approximate surface area is 253 Å². The molecule has 4 rings (SSSR count). The van der Waals surface area contributed by atoms with Gasteiger partial charge in [0.2, 0.25) is 5.95 Å². The zero-order valence-electron chi connectivity index (χ0n) is 26.0. The van der Waals surface area contributed by atoms with Gasteiger partial charge in [-0.2, -0.15) is 10.2 Å². The number of methoxy groups -OCH3 is 1. The number of H-pyrrole nitrogens is 1. The van der Waals surface area contributed by atoms with Crippen molar-refractivity contribution >= 4 is 32.0 Å². The molecule has 2 aliphatic heterocycles. The van der Waals surface area contributed by atoms with E-state index >= 15 is 0 Å². The van der Waals surface area contributed by atoms with Crippen LogP contribution in [-0.2, 0) is 23.3 Å². The summed E-state index contributed by atoms with van der Waals surface area (Å²) in [5.41, 5.74) is 0.0912. The maximum absolute atomic E-state index is 12.9. The number of aromatic amines is 1. The zero-order valence-corrected chi connectivity index (χ0v) is 26.9. The number of nitrogens with one attached hydrogen (secondary N) is 1. The minimum absolute atomic E-state index is 0.125. The number of imidazole rings is 1. The van der Waals surface area contributed by atoms with E-state index in [-0.39, 0.29) is 36.6 Å². The number of aliphatic imine (C=N–C) groups is 1. The zero-order chi connectivity index (χ0) is 31.1. The highest BCUT2D eigenvalue weighted by Crippen LogP contribution is 2.50. The number of fused-ring (bicyclic) bond motifs is 1. The third-order valence-corrected chi connectivity index (χ3v) is 9.21. The topological polar surface area (TPSA) is 156 Å². The average Bonchev–Trinajstić information content (AvgIpc) is 3.53. The van der Waals surface area contributed by atoms with Crippen molar-refractivity contribution in [3.63, 3.8) is 0 Å². The lowest BCUT2D eigenvalue weighted by atomic mass is 10.1. The van der Waals surface area contributed by atoms with E-state index in [2.05, 4.69) is 63.3 Å². The van der Waals surface area contributed by atoms with Crippen LogP contribution >= 0.6 is 8.53 Å². The van der Waals surface area contributed by atoms with Crippen LogP contribution in [0.3, 0.4) is 0 Å². The monoisotopic (exact) mass is 621 g/mol. The maximum Gasteiger partial charge on any atom is 0.280 e. The first-order valence-electron chi connectivity index (χ1n) is 14.5. The Kier molecular flexibility index (Phi) is 12.0. The molecule has 2 saturated heterocycles. The summed E-state index contributed by atoms with van der Waals surface area (Å²) in [6, 6.07) is 2.40. The summed E-state index contributed by atoms with van der Waals surface area (Å²) in [6.07, 6.45) is 1.10. The molecule has 43 heavy (non-hydrogen) atoms. The normalized spacial score (nSPS) is 24.1. The van der Waals surface area contributed by atoms with Gasteiger partial charge in [0.25, 0.3) is 14.1 Å². The lowest BCUT2D eigenvalue weighted by Crippen LogP contribution is -2.46. The van der Waals surface area contributed by atoms with Crippen LogP contribution < -0.4 is 5.56 Å². The van der Waals surface area contributed by atoms with Crippen LogP contribution in [-0.4, -0.2) is 131 Å². The first-order chi connectivity index (χ1) is 20.6. The Morgan fingerprint density at radius 2 is 1.98 bits per heavy atom. The van der Waals surface area contributed by atoms with E-state index in [1.165, 1.54) is 6.33 Å². The van der Waals surface area contributed by atoms with Crippen molar-refractivity contribution in [3.05, 3.63) is 16.7 Å². The molecule has 15 nitrogen and oxygen atoms in total. The van der Waals surface area contributed by atoms with Crippen LogP contribution in [0.15, 0.2) is 16.1 Å². The lowest BCUT2D eigenvalue weighted by molar-refractivity contribution is -0.0603. The summed E-state index contributed by atoms with van der Waals surface area (Å²) >= 11 is 0. The van der Waals surface area contributed by atoms with Crippen molar-refractivity contribution < 1.29 is 23.3 Å². The second-order valence-electron chi connectivity index (χ2n) is 11.2. The molecule has 0 spiro atoms. The number of ether oxygens (including phenoxy) is 3. The van der Waals surface area contributed by atoms with E-state index in [1.54, 1.807) is 22.9 Å². The van der Waals surface area contributed by atoms with E-state index in [9.17, 15) is 4.79 Å². The Hall–Kier alpha value is -2.54. The number of rotatable bonds is 14.